The number of hydrogen-bond acceptors (Lipinski definition) is 5. The zero-order chi connectivity index (χ0) is 18.6. The summed E-state index contributed by atoms with van der Waals surface area (Å²) in [6.07, 6.45) is 3.57. The first-order valence-corrected chi connectivity index (χ1v) is 9.76. The highest BCUT2D eigenvalue weighted by atomic mass is 32.1. The van der Waals surface area contributed by atoms with E-state index in [2.05, 4.69) is 15.3 Å². The summed E-state index contributed by atoms with van der Waals surface area (Å²) in [5.74, 6) is 0.233. The first kappa shape index (κ1) is 17.6. The van der Waals surface area contributed by atoms with E-state index in [1.807, 2.05) is 28.5 Å². The van der Waals surface area contributed by atoms with Gasteiger partial charge in [0.1, 0.15) is 5.82 Å². The van der Waals surface area contributed by atoms with Gasteiger partial charge in [-0.3, -0.25) is 4.79 Å². The minimum absolute atomic E-state index is 0.0773. The molecule has 0 spiro atoms. The molecule has 0 unspecified atom stereocenters. The Hall–Kier alpha value is -2.80. The van der Waals surface area contributed by atoms with Gasteiger partial charge in [-0.2, -0.15) is 0 Å². The first-order chi connectivity index (χ1) is 13.2. The molecule has 0 saturated carbocycles. The Morgan fingerprint density at radius 2 is 2.11 bits per heavy atom. The lowest BCUT2D eigenvalue weighted by molar-refractivity contribution is 0.0711. The Morgan fingerprint density at radius 1 is 1.22 bits per heavy atom. The fraction of sp³-hybridized carbons (Fsp3) is 0.250. The molecule has 1 aliphatic heterocycles. The normalized spacial score (nSPS) is 16.9. The number of rotatable bonds is 4. The van der Waals surface area contributed by atoms with Crippen molar-refractivity contribution in [2.24, 2.45) is 0 Å². The molecular formula is C20H19FN4OS. The maximum Gasteiger partial charge on any atom is 0.263 e. The van der Waals surface area contributed by atoms with Crippen molar-refractivity contribution >= 4 is 28.9 Å². The fourth-order valence-corrected chi connectivity index (χ4v) is 3.99. The van der Waals surface area contributed by atoms with Crippen LogP contribution in [-0.4, -0.2) is 33.9 Å². The molecule has 1 atom stereocenters. The van der Waals surface area contributed by atoms with Crippen molar-refractivity contribution in [3.63, 3.8) is 0 Å². The summed E-state index contributed by atoms with van der Waals surface area (Å²) >= 11 is 1.46. The van der Waals surface area contributed by atoms with Gasteiger partial charge >= 0.3 is 0 Å². The van der Waals surface area contributed by atoms with Crippen molar-refractivity contribution in [1.82, 2.24) is 14.9 Å². The zero-order valence-corrected chi connectivity index (χ0v) is 15.5. The molecule has 0 bridgehead atoms. The summed E-state index contributed by atoms with van der Waals surface area (Å²) in [5, 5.41) is 4.85. The monoisotopic (exact) mass is 382 g/mol. The third-order valence-corrected chi connectivity index (χ3v) is 5.51. The largest absolute Gasteiger partial charge is 0.337 e. The number of anilines is 2. The number of para-hydroxylation sites is 1. The number of likely N-dealkylation sites (tertiary alicyclic amines) is 1. The van der Waals surface area contributed by atoms with Gasteiger partial charge in [-0.25, -0.2) is 14.4 Å². The summed E-state index contributed by atoms with van der Waals surface area (Å²) in [6.45, 7) is 1.39. The van der Waals surface area contributed by atoms with E-state index < -0.39 is 0 Å². The predicted octanol–water partition coefficient (Wildman–Crippen LogP) is 4.44. The highest BCUT2D eigenvalue weighted by Crippen LogP contribution is 2.28. The molecule has 1 aromatic carbocycles. The van der Waals surface area contributed by atoms with E-state index in [-0.39, 0.29) is 17.6 Å². The van der Waals surface area contributed by atoms with E-state index in [0.29, 0.717) is 18.2 Å². The second kappa shape index (κ2) is 7.84. The third kappa shape index (κ3) is 3.98. The van der Waals surface area contributed by atoms with E-state index in [0.717, 1.165) is 30.0 Å². The number of piperidine rings is 1. The van der Waals surface area contributed by atoms with Crippen molar-refractivity contribution < 1.29 is 9.18 Å². The van der Waals surface area contributed by atoms with Crippen LogP contribution in [0.1, 0.15) is 34.1 Å². The van der Waals surface area contributed by atoms with Gasteiger partial charge in [-0.05, 0) is 42.5 Å². The maximum absolute atomic E-state index is 13.8. The molecule has 4 rings (SSSR count). The minimum Gasteiger partial charge on any atom is -0.337 e. The van der Waals surface area contributed by atoms with E-state index >= 15 is 0 Å². The summed E-state index contributed by atoms with van der Waals surface area (Å²) in [6, 6.07) is 12.1. The number of hydrogen-bond donors (Lipinski definition) is 1. The second-order valence-electron chi connectivity index (χ2n) is 6.48. The number of amides is 1. The number of benzene rings is 1. The van der Waals surface area contributed by atoms with Crippen LogP contribution in [0.5, 0.6) is 0 Å². The summed E-state index contributed by atoms with van der Waals surface area (Å²) in [4.78, 5) is 24.1. The van der Waals surface area contributed by atoms with Gasteiger partial charge in [0.25, 0.3) is 5.91 Å². The quantitative estimate of drug-likeness (QED) is 0.725. The van der Waals surface area contributed by atoms with Gasteiger partial charge in [0.15, 0.2) is 0 Å². The number of halogens is 1. The summed E-state index contributed by atoms with van der Waals surface area (Å²) < 4.78 is 13.8. The van der Waals surface area contributed by atoms with Crippen LogP contribution in [-0.2, 0) is 0 Å². The van der Waals surface area contributed by atoms with Gasteiger partial charge in [0, 0.05) is 25.2 Å². The van der Waals surface area contributed by atoms with Crippen LogP contribution in [0, 0.1) is 5.82 Å². The molecule has 1 saturated heterocycles. The summed E-state index contributed by atoms with van der Waals surface area (Å²) in [7, 11) is 0. The molecule has 0 radical (unpaired) electrons. The first-order valence-electron chi connectivity index (χ1n) is 8.88. The lowest BCUT2D eigenvalue weighted by atomic mass is 9.94. The number of carbonyl (C=O) groups is 1. The number of thiophene rings is 1. The van der Waals surface area contributed by atoms with E-state index in [1.165, 1.54) is 17.4 Å². The Morgan fingerprint density at radius 3 is 2.93 bits per heavy atom. The number of nitrogens with one attached hydrogen (secondary N) is 1. The Kier molecular flexibility index (Phi) is 5.11. The SMILES string of the molecule is O=C(c1cccs1)N1CCC[C@@H](c2ccnc(Nc3ccccc3F)n2)C1. The molecule has 3 aromatic rings. The van der Waals surface area contributed by atoms with Crippen LogP contribution in [0.3, 0.4) is 0 Å². The molecule has 1 fully saturated rings. The highest BCUT2D eigenvalue weighted by molar-refractivity contribution is 7.12. The Bertz CT molecular complexity index is 931. The van der Waals surface area contributed by atoms with Crippen molar-refractivity contribution in [3.8, 4) is 0 Å². The van der Waals surface area contributed by atoms with E-state index in [9.17, 15) is 9.18 Å². The van der Waals surface area contributed by atoms with Crippen LogP contribution in [0.2, 0.25) is 0 Å². The van der Waals surface area contributed by atoms with Crippen LogP contribution in [0.4, 0.5) is 16.0 Å². The Balaban J connectivity index is 1.50. The standard InChI is InChI=1S/C20H19FN4OS/c21-15-6-1-2-7-17(15)24-20-22-10-9-16(23-20)14-5-3-11-25(13-14)19(26)18-8-4-12-27-18/h1-2,4,6-10,12,14H,3,5,11,13H2,(H,22,23,24)/t14-/m1/s1. The van der Waals surface area contributed by atoms with Crippen molar-refractivity contribution in [1.29, 1.82) is 0 Å². The predicted molar refractivity (Wildman–Crippen MR) is 104 cm³/mol. The zero-order valence-electron chi connectivity index (χ0n) is 14.6. The van der Waals surface area contributed by atoms with E-state index in [1.54, 1.807) is 24.4 Å². The molecule has 3 heterocycles. The van der Waals surface area contributed by atoms with Crippen molar-refractivity contribution in [2.45, 2.75) is 18.8 Å². The lowest BCUT2D eigenvalue weighted by Gasteiger charge is -2.32. The van der Waals surface area contributed by atoms with E-state index in [4.69, 9.17) is 0 Å². The molecule has 27 heavy (non-hydrogen) atoms. The molecule has 7 heteroatoms. The average Bonchev–Trinajstić information content (AvgIpc) is 3.24. The molecule has 2 aromatic heterocycles. The Labute approximate surface area is 160 Å². The number of nitrogens with zero attached hydrogens (tertiary/aromatic N) is 3. The van der Waals surface area contributed by atoms with Crippen molar-refractivity contribution in [3.05, 3.63) is 70.4 Å². The minimum atomic E-state index is -0.350. The van der Waals surface area contributed by atoms with Crippen molar-refractivity contribution in [2.75, 3.05) is 18.4 Å². The smallest absolute Gasteiger partial charge is 0.263 e. The topological polar surface area (TPSA) is 58.1 Å². The summed E-state index contributed by atoms with van der Waals surface area (Å²) in [5.41, 5.74) is 1.21. The lowest BCUT2D eigenvalue weighted by Crippen LogP contribution is -2.39. The molecule has 5 nitrogen and oxygen atoms in total. The van der Waals surface area contributed by atoms with Crippen LogP contribution in [0.15, 0.2) is 54.0 Å². The van der Waals surface area contributed by atoms with Gasteiger partial charge in [0.2, 0.25) is 5.95 Å². The molecule has 1 aliphatic rings. The van der Waals surface area contributed by atoms with Gasteiger partial charge < -0.3 is 10.2 Å². The van der Waals surface area contributed by atoms with Gasteiger partial charge in [-0.15, -0.1) is 11.3 Å². The van der Waals surface area contributed by atoms with Crippen LogP contribution in [0.25, 0.3) is 0 Å². The molecule has 1 amide bonds. The molecular weight excluding hydrogens is 363 g/mol. The molecule has 0 aliphatic carbocycles. The number of carbonyl (C=O) groups excluding carboxylic acids is 1. The average molecular weight is 382 g/mol. The second-order valence-corrected chi connectivity index (χ2v) is 7.43. The third-order valence-electron chi connectivity index (χ3n) is 4.66. The fourth-order valence-electron chi connectivity index (χ4n) is 3.30. The van der Waals surface area contributed by atoms with Crippen LogP contribution >= 0.6 is 11.3 Å². The maximum atomic E-state index is 13.8. The molecule has 1 N–H and O–H groups in total. The molecule has 138 valence electrons. The highest BCUT2D eigenvalue weighted by Gasteiger charge is 2.27. The number of aromatic nitrogens is 2. The van der Waals surface area contributed by atoms with Crippen LogP contribution < -0.4 is 5.32 Å². The van der Waals surface area contributed by atoms with Gasteiger partial charge in [-0.1, -0.05) is 18.2 Å². The van der Waals surface area contributed by atoms with Gasteiger partial charge in [0.05, 0.1) is 16.3 Å².